The van der Waals surface area contributed by atoms with Gasteiger partial charge in [-0.2, -0.15) is 13.2 Å². The van der Waals surface area contributed by atoms with Crippen molar-refractivity contribution in [2.75, 3.05) is 36.4 Å². The van der Waals surface area contributed by atoms with E-state index in [9.17, 15) is 18.0 Å². The molecule has 1 aromatic carbocycles. The summed E-state index contributed by atoms with van der Waals surface area (Å²) in [5, 5.41) is 3.53. The molecule has 1 amide bonds. The molecular weight excluding hydrogens is 417 g/mol. The maximum Gasteiger partial charge on any atom is 0.417 e. The van der Waals surface area contributed by atoms with Crippen LogP contribution in [0.1, 0.15) is 24.5 Å². The SMILES string of the molecule is Cc1c(Cl)cccc1NC(=O)C(C)N1CCCN(c2ccc(C(F)(F)F)cn2)CC1. The van der Waals surface area contributed by atoms with E-state index in [0.717, 1.165) is 24.2 Å². The molecule has 1 aromatic heterocycles. The summed E-state index contributed by atoms with van der Waals surface area (Å²) in [7, 11) is 0. The third-order valence-corrected chi connectivity index (χ3v) is 5.79. The molecule has 1 aliphatic heterocycles. The minimum absolute atomic E-state index is 0.124. The number of hydrogen-bond acceptors (Lipinski definition) is 4. The molecule has 5 nitrogen and oxygen atoms in total. The van der Waals surface area contributed by atoms with Gasteiger partial charge in [-0.1, -0.05) is 17.7 Å². The average molecular weight is 441 g/mol. The zero-order chi connectivity index (χ0) is 21.9. The van der Waals surface area contributed by atoms with Gasteiger partial charge in [0, 0.05) is 43.1 Å². The van der Waals surface area contributed by atoms with Crippen LogP contribution in [0.5, 0.6) is 0 Å². The number of nitrogens with one attached hydrogen (secondary N) is 1. The van der Waals surface area contributed by atoms with Crippen LogP contribution in [-0.2, 0) is 11.0 Å². The molecule has 1 atom stereocenters. The Morgan fingerprint density at radius 3 is 2.60 bits per heavy atom. The minimum Gasteiger partial charge on any atom is -0.355 e. The van der Waals surface area contributed by atoms with Crippen LogP contribution in [0.4, 0.5) is 24.7 Å². The predicted molar refractivity (Wildman–Crippen MR) is 112 cm³/mol. The Balaban J connectivity index is 1.61. The van der Waals surface area contributed by atoms with Crippen molar-refractivity contribution in [2.24, 2.45) is 0 Å². The van der Waals surface area contributed by atoms with E-state index >= 15 is 0 Å². The van der Waals surface area contributed by atoms with E-state index < -0.39 is 11.7 Å². The number of pyridine rings is 1. The van der Waals surface area contributed by atoms with Crippen molar-refractivity contribution in [3.05, 3.63) is 52.7 Å². The van der Waals surface area contributed by atoms with E-state index in [1.54, 1.807) is 12.1 Å². The second kappa shape index (κ2) is 9.22. The van der Waals surface area contributed by atoms with Gasteiger partial charge in [0.15, 0.2) is 0 Å². The van der Waals surface area contributed by atoms with Crippen molar-refractivity contribution in [1.82, 2.24) is 9.88 Å². The fourth-order valence-corrected chi connectivity index (χ4v) is 3.62. The lowest BCUT2D eigenvalue weighted by Crippen LogP contribution is -2.44. The number of alkyl halides is 3. The lowest BCUT2D eigenvalue weighted by molar-refractivity contribution is -0.137. The van der Waals surface area contributed by atoms with E-state index in [0.29, 0.717) is 42.7 Å². The van der Waals surface area contributed by atoms with E-state index in [2.05, 4.69) is 15.2 Å². The first-order valence-electron chi connectivity index (χ1n) is 9.75. The van der Waals surface area contributed by atoms with Crippen LogP contribution in [0.25, 0.3) is 0 Å². The van der Waals surface area contributed by atoms with Gasteiger partial charge in [0.05, 0.1) is 11.6 Å². The normalized spacial score (nSPS) is 16.8. The van der Waals surface area contributed by atoms with Crippen molar-refractivity contribution < 1.29 is 18.0 Å². The van der Waals surface area contributed by atoms with Gasteiger partial charge in [0.2, 0.25) is 5.91 Å². The molecule has 2 heterocycles. The quantitative estimate of drug-likeness (QED) is 0.754. The van der Waals surface area contributed by atoms with Crippen molar-refractivity contribution in [3.63, 3.8) is 0 Å². The highest BCUT2D eigenvalue weighted by molar-refractivity contribution is 6.31. The second-order valence-corrected chi connectivity index (χ2v) is 7.76. The summed E-state index contributed by atoms with van der Waals surface area (Å²) in [5.74, 6) is 0.387. The fraction of sp³-hybridized carbons (Fsp3) is 0.429. The number of nitrogens with zero attached hydrogens (tertiary/aromatic N) is 3. The maximum atomic E-state index is 12.7. The molecular formula is C21H24ClF3N4O. The number of benzene rings is 1. The number of amides is 1. The number of aromatic nitrogens is 1. The van der Waals surface area contributed by atoms with Gasteiger partial charge in [-0.05, 0) is 50.1 Å². The van der Waals surface area contributed by atoms with E-state index in [-0.39, 0.29) is 11.9 Å². The van der Waals surface area contributed by atoms with E-state index in [1.165, 1.54) is 6.07 Å². The molecule has 162 valence electrons. The molecule has 0 aliphatic carbocycles. The summed E-state index contributed by atoms with van der Waals surface area (Å²) in [6.45, 7) is 6.25. The van der Waals surface area contributed by atoms with Crippen LogP contribution >= 0.6 is 11.6 Å². The molecule has 1 N–H and O–H groups in total. The summed E-state index contributed by atoms with van der Waals surface area (Å²) in [5.41, 5.74) is 0.740. The summed E-state index contributed by atoms with van der Waals surface area (Å²) < 4.78 is 38.2. The topological polar surface area (TPSA) is 48.5 Å². The number of carbonyl (C=O) groups is 1. The average Bonchev–Trinajstić information content (AvgIpc) is 2.96. The third-order valence-electron chi connectivity index (χ3n) is 5.38. The lowest BCUT2D eigenvalue weighted by atomic mass is 10.2. The van der Waals surface area contributed by atoms with Crippen molar-refractivity contribution >= 4 is 29.0 Å². The Kier molecular flexibility index (Phi) is 6.88. The van der Waals surface area contributed by atoms with Crippen molar-refractivity contribution in [2.45, 2.75) is 32.5 Å². The third kappa shape index (κ3) is 5.23. The van der Waals surface area contributed by atoms with E-state index in [4.69, 9.17) is 11.6 Å². The van der Waals surface area contributed by atoms with Gasteiger partial charge < -0.3 is 10.2 Å². The molecule has 1 unspecified atom stereocenters. The Labute approximate surface area is 178 Å². The molecule has 0 saturated carbocycles. The first kappa shape index (κ1) is 22.4. The standard InChI is InChI=1S/C21H24ClF3N4O/c1-14-17(22)5-3-6-18(14)27-20(30)15(2)28-9-4-10-29(12-11-28)19-8-7-16(13-26-19)21(23,24)25/h3,5-8,13,15H,4,9-12H2,1-2H3,(H,27,30). The Hall–Kier alpha value is -2.32. The molecule has 0 radical (unpaired) electrons. The van der Waals surface area contributed by atoms with Gasteiger partial charge in [-0.25, -0.2) is 4.98 Å². The fourth-order valence-electron chi connectivity index (χ4n) is 3.44. The predicted octanol–water partition coefficient (Wildman–Crippen LogP) is 4.60. The zero-order valence-electron chi connectivity index (χ0n) is 16.8. The summed E-state index contributed by atoms with van der Waals surface area (Å²) in [6, 6.07) is 7.46. The number of hydrogen-bond donors (Lipinski definition) is 1. The van der Waals surface area contributed by atoms with Crippen LogP contribution < -0.4 is 10.2 Å². The van der Waals surface area contributed by atoms with Crippen LogP contribution in [-0.4, -0.2) is 48.0 Å². The smallest absolute Gasteiger partial charge is 0.355 e. The number of carbonyl (C=O) groups excluding carboxylic acids is 1. The first-order chi connectivity index (χ1) is 14.2. The van der Waals surface area contributed by atoms with Gasteiger partial charge in [0.1, 0.15) is 5.82 Å². The molecule has 9 heteroatoms. The van der Waals surface area contributed by atoms with Crippen molar-refractivity contribution in [1.29, 1.82) is 0 Å². The van der Waals surface area contributed by atoms with Gasteiger partial charge in [-0.3, -0.25) is 9.69 Å². The minimum atomic E-state index is -4.40. The van der Waals surface area contributed by atoms with Crippen molar-refractivity contribution in [3.8, 4) is 0 Å². The molecule has 3 rings (SSSR count). The number of halogens is 4. The van der Waals surface area contributed by atoms with E-state index in [1.807, 2.05) is 24.8 Å². The van der Waals surface area contributed by atoms with Crippen LogP contribution in [0.2, 0.25) is 5.02 Å². The Morgan fingerprint density at radius 2 is 1.93 bits per heavy atom. The van der Waals surface area contributed by atoms with Gasteiger partial charge >= 0.3 is 6.18 Å². The molecule has 1 saturated heterocycles. The number of rotatable bonds is 4. The zero-order valence-corrected chi connectivity index (χ0v) is 17.6. The van der Waals surface area contributed by atoms with Crippen LogP contribution in [0.3, 0.4) is 0 Å². The Bertz CT molecular complexity index is 889. The maximum absolute atomic E-state index is 12.7. The van der Waals surface area contributed by atoms with Gasteiger partial charge in [0.25, 0.3) is 0 Å². The number of anilines is 2. The first-order valence-corrected chi connectivity index (χ1v) is 10.1. The molecule has 2 aromatic rings. The lowest BCUT2D eigenvalue weighted by Gasteiger charge is -2.27. The molecule has 1 fully saturated rings. The molecule has 0 spiro atoms. The van der Waals surface area contributed by atoms with Crippen LogP contribution in [0.15, 0.2) is 36.5 Å². The molecule has 1 aliphatic rings. The summed E-state index contributed by atoms with van der Waals surface area (Å²) in [6.07, 6.45) is -2.76. The van der Waals surface area contributed by atoms with Crippen LogP contribution in [0, 0.1) is 6.92 Å². The summed E-state index contributed by atoms with van der Waals surface area (Å²) in [4.78, 5) is 20.7. The summed E-state index contributed by atoms with van der Waals surface area (Å²) >= 11 is 6.12. The highest BCUT2D eigenvalue weighted by Gasteiger charge is 2.31. The second-order valence-electron chi connectivity index (χ2n) is 7.36. The van der Waals surface area contributed by atoms with Gasteiger partial charge in [-0.15, -0.1) is 0 Å². The molecule has 30 heavy (non-hydrogen) atoms. The molecule has 0 bridgehead atoms. The highest BCUT2D eigenvalue weighted by Crippen LogP contribution is 2.29. The Morgan fingerprint density at radius 1 is 1.17 bits per heavy atom. The largest absolute Gasteiger partial charge is 0.417 e. The highest BCUT2D eigenvalue weighted by atomic mass is 35.5. The monoisotopic (exact) mass is 440 g/mol.